The Kier molecular flexibility index (Phi) is 5.22. The van der Waals surface area contributed by atoms with Crippen LogP contribution in [0.3, 0.4) is 0 Å². The van der Waals surface area contributed by atoms with Gasteiger partial charge in [0, 0.05) is 19.4 Å². The number of aromatic nitrogens is 2. The topological polar surface area (TPSA) is 48.3 Å². The van der Waals surface area contributed by atoms with Gasteiger partial charge in [0.05, 0.1) is 20.3 Å². The van der Waals surface area contributed by atoms with Crippen molar-refractivity contribution in [3.8, 4) is 11.5 Å². The fourth-order valence-corrected chi connectivity index (χ4v) is 2.33. The molecule has 0 radical (unpaired) electrons. The monoisotopic (exact) mass is 289 g/mol. The predicted molar refractivity (Wildman–Crippen MR) is 82.9 cm³/mol. The number of imidazole rings is 1. The molecule has 5 nitrogen and oxygen atoms in total. The number of nitrogens with zero attached hydrogens (tertiary/aromatic N) is 2. The maximum atomic E-state index is 5.40. The molecule has 114 valence electrons. The van der Waals surface area contributed by atoms with Gasteiger partial charge in [-0.2, -0.15) is 0 Å². The third kappa shape index (κ3) is 3.36. The van der Waals surface area contributed by atoms with Gasteiger partial charge in [-0.15, -0.1) is 0 Å². The Morgan fingerprint density at radius 3 is 2.57 bits per heavy atom. The highest BCUT2D eigenvalue weighted by molar-refractivity contribution is 5.44. The largest absolute Gasteiger partial charge is 0.493 e. The minimum absolute atomic E-state index is 0.0322. The van der Waals surface area contributed by atoms with E-state index in [4.69, 9.17) is 9.47 Å². The summed E-state index contributed by atoms with van der Waals surface area (Å²) < 4.78 is 12.7. The van der Waals surface area contributed by atoms with E-state index in [-0.39, 0.29) is 6.04 Å². The fourth-order valence-electron chi connectivity index (χ4n) is 2.33. The van der Waals surface area contributed by atoms with Crippen molar-refractivity contribution in [1.29, 1.82) is 0 Å². The van der Waals surface area contributed by atoms with Crippen LogP contribution < -0.4 is 14.8 Å². The molecule has 1 heterocycles. The Bertz CT molecular complexity index is 581. The van der Waals surface area contributed by atoms with E-state index in [1.165, 1.54) is 0 Å². The first-order valence-electron chi connectivity index (χ1n) is 7.13. The van der Waals surface area contributed by atoms with Gasteiger partial charge < -0.3 is 19.4 Å². The third-order valence-corrected chi connectivity index (χ3v) is 3.46. The first-order valence-corrected chi connectivity index (χ1v) is 7.13. The minimum atomic E-state index is 0.0322. The van der Waals surface area contributed by atoms with Crippen molar-refractivity contribution in [3.05, 3.63) is 42.0 Å². The lowest BCUT2D eigenvalue weighted by molar-refractivity contribution is 0.354. The molecule has 1 unspecified atom stereocenters. The van der Waals surface area contributed by atoms with Crippen molar-refractivity contribution in [2.75, 3.05) is 20.8 Å². The zero-order valence-electron chi connectivity index (χ0n) is 13.1. The Morgan fingerprint density at radius 2 is 2.00 bits per heavy atom. The lowest BCUT2D eigenvalue weighted by atomic mass is 10.0. The summed E-state index contributed by atoms with van der Waals surface area (Å²) in [6, 6.07) is 6.01. The second-order valence-electron chi connectivity index (χ2n) is 4.90. The molecule has 2 rings (SSSR count). The zero-order valence-corrected chi connectivity index (χ0v) is 13.1. The number of benzene rings is 1. The molecule has 0 aliphatic carbocycles. The van der Waals surface area contributed by atoms with Crippen molar-refractivity contribution in [3.63, 3.8) is 0 Å². The van der Waals surface area contributed by atoms with E-state index in [1.54, 1.807) is 14.2 Å². The van der Waals surface area contributed by atoms with Gasteiger partial charge in [0.25, 0.3) is 0 Å². The van der Waals surface area contributed by atoms with Crippen LogP contribution in [0.4, 0.5) is 0 Å². The molecule has 21 heavy (non-hydrogen) atoms. The summed E-state index contributed by atoms with van der Waals surface area (Å²) in [5, 5.41) is 3.54. The van der Waals surface area contributed by atoms with E-state index < -0.39 is 0 Å². The molecule has 0 bridgehead atoms. The molecule has 1 aromatic carbocycles. The molecule has 0 saturated carbocycles. The van der Waals surface area contributed by atoms with Crippen LogP contribution >= 0.6 is 0 Å². The quantitative estimate of drug-likeness (QED) is 0.851. The van der Waals surface area contributed by atoms with Crippen LogP contribution in [0, 0.1) is 0 Å². The molecule has 1 N–H and O–H groups in total. The SMILES string of the molecule is CCCNC(c1ccc(OC)c(OC)c1)c1nccn1C. The lowest BCUT2D eigenvalue weighted by Gasteiger charge is -2.20. The smallest absolute Gasteiger partial charge is 0.161 e. The van der Waals surface area contributed by atoms with Crippen LogP contribution in [0.2, 0.25) is 0 Å². The maximum Gasteiger partial charge on any atom is 0.161 e. The molecule has 0 amide bonds. The summed E-state index contributed by atoms with van der Waals surface area (Å²) in [7, 11) is 5.30. The van der Waals surface area contributed by atoms with Gasteiger partial charge in [0.15, 0.2) is 11.5 Å². The number of methoxy groups -OCH3 is 2. The second-order valence-corrected chi connectivity index (χ2v) is 4.90. The highest BCUT2D eigenvalue weighted by Crippen LogP contribution is 2.31. The number of hydrogen-bond donors (Lipinski definition) is 1. The number of rotatable bonds is 7. The maximum absolute atomic E-state index is 5.40. The number of nitrogens with one attached hydrogen (secondary N) is 1. The zero-order chi connectivity index (χ0) is 15.2. The molecule has 1 aromatic heterocycles. The van der Waals surface area contributed by atoms with E-state index in [1.807, 2.05) is 42.2 Å². The molecule has 1 atom stereocenters. The van der Waals surface area contributed by atoms with Gasteiger partial charge >= 0.3 is 0 Å². The second kappa shape index (κ2) is 7.13. The Morgan fingerprint density at radius 1 is 1.24 bits per heavy atom. The normalized spacial score (nSPS) is 12.2. The summed E-state index contributed by atoms with van der Waals surface area (Å²) >= 11 is 0. The van der Waals surface area contributed by atoms with E-state index >= 15 is 0 Å². The molecule has 0 fully saturated rings. The van der Waals surface area contributed by atoms with Gasteiger partial charge in [-0.3, -0.25) is 0 Å². The molecule has 2 aromatic rings. The number of hydrogen-bond acceptors (Lipinski definition) is 4. The van der Waals surface area contributed by atoms with Crippen molar-refractivity contribution in [2.24, 2.45) is 7.05 Å². The standard InChI is InChI=1S/C16H23N3O2/c1-5-8-17-15(16-18-9-10-19(16)2)12-6-7-13(20-3)14(11-12)21-4/h6-7,9-11,15,17H,5,8H2,1-4H3. The van der Waals surface area contributed by atoms with E-state index in [9.17, 15) is 0 Å². The first-order chi connectivity index (χ1) is 10.2. The van der Waals surface area contributed by atoms with E-state index in [0.717, 1.165) is 35.9 Å². The van der Waals surface area contributed by atoms with Crippen LogP contribution in [0.1, 0.15) is 30.8 Å². The molecule has 0 saturated heterocycles. The average Bonchev–Trinajstić information content (AvgIpc) is 2.93. The lowest BCUT2D eigenvalue weighted by Crippen LogP contribution is -2.25. The molecule has 5 heteroatoms. The van der Waals surface area contributed by atoms with Gasteiger partial charge in [-0.05, 0) is 30.7 Å². The summed E-state index contributed by atoms with van der Waals surface area (Å²) in [4.78, 5) is 4.47. The van der Waals surface area contributed by atoms with Crippen molar-refractivity contribution in [2.45, 2.75) is 19.4 Å². The van der Waals surface area contributed by atoms with Crippen LogP contribution in [-0.4, -0.2) is 30.3 Å². The summed E-state index contributed by atoms with van der Waals surface area (Å²) in [5.41, 5.74) is 1.11. The van der Waals surface area contributed by atoms with Crippen molar-refractivity contribution in [1.82, 2.24) is 14.9 Å². The molecular weight excluding hydrogens is 266 g/mol. The van der Waals surface area contributed by atoms with E-state index in [0.29, 0.717) is 0 Å². The van der Waals surface area contributed by atoms with E-state index in [2.05, 4.69) is 17.2 Å². The highest BCUT2D eigenvalue weighted by atomic mass is 16.5. The van der Waals surface area contributed by atoms with Crippen LogP contribution in [0.5, 0.6) is 11.5 Å². The number of ether oxygens (including phenoxy) is 2. The molecule has 0 spiro atoms. The first kappa shape index (κ1) is 15.4. The summed E-state index contributed by atoms with van der Waals surface area (Å²) in [6.45, 7) is 3.07. The predicted octanol–water partition coefficient (Wildman–Crippen LogP) is 2.53. The van der Waals surface area contributed by atoms with Crippen molar-refractivity contribution >= 4 is 0 Å². The van der Waals surface area contributed by atoms with Crippen LogP contribution in [-0.2, 0) is 7.05 Å². The third-order valence-electron chi connectivity index (χ3n) is 3.46. The summed E-state index contributed by atoms with van der Waals surface area (Å²) in [5.74, 6) is 2.44. The van der Waals surface area contributed by atoms with Crippen molar-refractivity contribution < 1.29 is 9.47 Å². The van der Waals surface area contributed by atoms with Gasteiger partial charge in [-0.25, -0.2) is 4.98 Å². The summed E-state index contributed by atoms with van der Waals surface area (Å²) in [6.07, 6.45) is 4.83. The van der Waals surface area contributed by atoms with Crippen LogP contribution in [0.15, 0.2) is 30.6 Å². The highest BCUT2D eigenvalue weighted by Gasteiger charge is 2.19. The minimum Gasteiger partial charge on any atom is -0.493 e. The molecular formula is C16H23N3O2. The molecule has 0 aliphatic rings. The Labute approximate surface area is 125 Å². The van der Waals surface area contributed by atoms with Gasteiger partial charge in [0.1, 0.15) is 5.82 Å². The fraction of sp³-hybridized carbons (Fsp3) is 0.438. The Hall–Kier alpha value is -2.01. The molecule has 0 aliphatic heterocycles. The van der Waals surface area contributed by atoms with Crippen LogP contribution in [0.25, 0.3) is 0 Å². The van der Waals surface area contributed by atoms with Gasteiger partial charge in [-0.1, -0.05) is 13.0 Å². The van der Waals surface area contributed by atoms with Gasteiger partial charge in [0.2, 0.25) is 0 Å². The number of aryl methyl sites for hydroxylation is 1. The average molecular weight is 289 g/mol. The Balaban J connectivity index is 2.39.